The highest BCUT2D eigenvalue weighted by Crippen LogP contribution is 2.20. The third-order valence-electron chi connectivity index (χ3n) is 2.08. The summed E-state index contributed by atoms with van der Waals surface area (Å²) in [5.41, 5.74) is 0. The minimum atomic E-state index is -4.21. The van der Waals surface area contributed by atoms with Crippen LogP contribution in [0.2, 0.25) is 0 Å². The van der Waals surface area contributed by atoms with Gasteiger partial charge in [-0.25, -0.2) is 5.14 Å². The fourth-order valence-corrected chi connectivity index (χ4v) is 1.55. The minimum Gasteiger partial charge on any atom is -0.387 e. The third-order valence-corrected chi connectivity index (χ3v) is 2.55. The summed E-state index contributed by atoms with van der Waals surface area (Å²) >= 11 is 0. The Morgan fingerprint density at radius 3 is 2.19 bits per heavy atom. The lowest BCUT2D eigenvalue weighted by molar-refractivity contribution is -0.285. The van der Waals surface area contributed by atoms with Crippen LogP contribution >= 0.6 is 0 Å². The average molecular weight is 259 g/mol. The zero-order chi connectivity index (χ0) is 12.5. The smallest absolute Gasteiger partial charge is 0.333 e. The van der Waals surface area contributed by atoms with E-state index in [0.717, 1.165) is 0 Å². The molecule has 1 rings (SSSR count). The van der Waals surface area contributed by atoms with E-state index < -0.39 is 47.6 Å². The van der Waals surface area contributed by atoms with E-state index in [0.29, 0.717) is 0 Å². The number of aliphatic hydroxyl groups excluding tert-OH is 4. The lowest BCUT2D eigenvalue weighted by atomic mass is 10.00. The van der Waals surface area contributed by atoms with E-state index in [2.05, 4.69) is 14.1 Å². The van der Waals surface area contributed by atoms with Gasteiger partial charge in [0.15, 0.2) is 6.29 Å². The summed E-state index contributed by atoms with van der Waals surface area (Å²) in [6.07, 6.45) is -8.00. The van der Waals surface area contributed by atoms with Crippen LogP contribution in [0.1, 0.15) is 0 Å². The van der Waals surface area contributed by atoms with Crippen molar-refractivity contribution < 1.29 is 37.8 Å². The van der Waals surface area contributed by atoms with Gasteiger partial charge in [0.25, 0.3) is 0 Å². The lowest BCUT2D eigenvalue weighted by Gasteiger charge is -2.37. The SMILES string of the molecule is NS(=O)(=O)OC[C@H]1O[C@@H](O)[C@@H](O)[C@@H](O)[C@@H]1O. The molecule has 16 heavy (non-hydrogen) atoms. The highest BCUT2D eigenvalue weighted by Gasteiger charge is 2.43. The first-order valence-electron chi connectivity index (χ1n) is 4.27. The molecule has 0 aliphatic carbocycles. The van der Waals surface area contributed by atoms with Crippen molar-refractivity contribution in [1.82, 2.24) is 0 Å². The van der Waals surface area contributed by atoms with E-state index in [1.807, 2.05) is 0 Å². The normalized spacial score (nSPS) is 40.9. The summed E-state index contributed by atoms with van der Waals surface area (Å²) in [6, 6.07) is 0. The Bertz CT molecular complexity index is 331. The van der Waals surface area contributed by atoms with Crippen LogP contribution in [0, 0.1) is 0 Å². The highest BCUT2D eigenvalue weighted by molar-refractivity contribution is 7.84. The number of rotatable bonds is 3. The second-order valence-corrected chi connectivity index (χ2v) is 4.54. The van der Waals surface area contributed by atoms with Crippen LogP contribution in [-0.2, 0) is 19.2 Å². The molecule has 0 radical (unpaired) electrons. The summed E-state index contributed by atoms with van der Waals surface area (Å²) < 4.78 is 29.7. The molecule has 10 heteroatoms. The maximum absolute atomic E-state index is 10.5. The molecular weight excluding hydrogens is 246 g/mol. The molecule has 1 aliphatic rings. The van der Waals surface area contributed by atoms with Gasteiger partial charge in [0, 0.05) is 0 Å². The van der Waals surface area contributed by atoms with Gasteiger partial charge in [-0.1, -0.05) is 0 Å². The zero-order valence-corrected chi connectivity index (χ0v) is 8.82. The monoisotopic (exact) mass is 259 g/mol. The minimum absolute atomic E-state index is 0.680. The number of hydrogen-bond donors (Lipinski definition) is 5. The van der Waals surface area contributed by atoms with Gasteiger partial charge >= 0.3 is 10.3 Å². The quantitative estimate of drug-likeness (QED) is 0.343. The molecule has 1 saturated heterocycles. The molecule has 1 heterocycles. The molecule has 0 aromatic rings. The van der Waals surface area contributed by atoms with Gasteiger partial charge in [-0.3, -0.25) is 4.18 Å². The summed E-state index contributed by atoms with van der Waals surface area (Å²) in [6.45, 7) is -0.680. The Balaban J connectivity index is 2.61. The molecule has 0 unspecified atom stereocenters. The maximum Gasteiger partial charge on any atom is 0.333 e. The molecule has 9 nitrogen and oxygen atoms in total. The standard InChI is InChI=1S/C6H13NO8S/c7-16(12,13)14-1-2-3(8)4(9)5(10)6(11)15-2/h2-6,8-11H,1H2,(H2,7,12,13)/t2-,3-,4+,5+,6-/m1/s1. The Morgan fingerprint density at radius 2 is 1.69 bits per heavy atom. The van der Waals surface area contributed by atoms with Crippen molar-refractivity contribution in [3.05, 3.63) is 0 Å². The predicted octanol–water partition coefficient (Wildman–Crippen LogP) is -3.99. The fraction of sp³-hybridized carbons (Fsp3) is 1.00. The van der Waals surface area contributed by atoms with Crippen LogP contribution in [0.4, 0.5) is 0 Å². The van der Waals surface area contributed by atoms with Crippen LogP contribution in [0.3, 0.4) is 0 Å². The van der Waals surface area contributed by atoms with Crippen LogP contribution < -0.4 is 5.14 Å². The second kappa shape index (κ2) is 4.89. The highest BCUT2D eigenvalue weighted by atomic mass is 32.2. The number of ether oxygens (including phenoxy) is 1. The van der Waals surface area contributed by atoms with Gasteiger partial charge in [-0.15, -0.1) is 0 Å². The van der Waals surface area contributed by atoms with E-state index in [9.17, 15) is 18.6 Å². The first-order chi connectivity index (χ1) is 7.22. The topological polar surface area (TPSA) is 160 Å². The predicted molar refractivity (Wildman–Crippen MR) is 48.0 cm³/mol. The van der Waals surface area contributed by atoms with Gasteiger partial charge < -0.3 is 25.2 Å². The summed E-state index contributed by atoms with van der Waals surface area (Å²) in [5, 5.41) is 41.3. The van der Waals surface area contributed by atoms with E-state index in [4.69, 9.17) is 10.2 Å². The van der Waals surface area contributed by atoms with Gasteiger partial charge in [-0.2, -0.15) is 8.42 Å². The average Bonchev–Trinajstić information content (AvgIpc) is 2.17. The Labute approximate surface area is 91.3 Å². The molecular formula is C6H13NO8S. The molecule has 0 aromatic carbocycles. The summed E-state index contributed by atoms with van der Waals surface area (Å²) in [7, 11) is -4.21. The van der Waals surface area contributed by atoms with Crippen molar-refractivity contribution >= 4 is 10.3 Å². The zero-order valence-electron chi connectivity index (χ0n) is 8.00. The first kappa shape index (κ1) is 13.7. The van der Waals surface area contributed by atoms with E-state index in [1.54, 1.807) is 0 Å². The van der Waals surface area contributed by atoms with Gasteiger partial charge in [0.1, 0.15) is 24.4 Å². The van der Waals surface area contributed by atoms with Gasteiger partial charge in [-0.05, 0) is 0 Å². The van der Waals surface area contributed by atoms with Crippen LogP contribution in [0.5, 0.6) is 0 Å². The van der Waals surface area contributed by atoms with E-state index in [1.165, 1.54) is 0 Å². The Kier molecular flexibility index (Phi) is 4.20. The number of hydrogen-bond acceptors (Lipinski definition) is 8. The molecule has 0 saturated carbocycles. The Hall–Kier alpha value is -0.330. The van der Waals surface area contributed by atoms with Gasteiger partial charge in [0.2, 0.25) is 0 Å². The third kappa shape index (κ3) is 3.33. The van der Waals surface area contributed by atoms with Crippen molar-refractivity contribution in [2.75, 3.05) is 6.61 Å². The van der Waals surface area contributed by atoms with Crippen LogP contribution in [-0.4, -0.2) is 66.2 Å². The van der Waals surface area contributed by atoms with Crippen LogP contribution in [0.15, 0.2) is 0 Å². The largest absolute Gasteiger partial charge is 0.387 e. The molecule has 0 aromatic heterocycles. The molecule has 96 valence electrons. The number of aliphatic hydroxyl groups is 4. The van der Waals surface area contributed by atoms with Crippen molar-refractivity contribution in [3.63, 3.8) is 0 Å². The summed E-state index contributed by atoms with van der Waals surface area (Å²) in [5.74, 6) is 0. The van der Waals surface area contributed by atoms with Crippen molar-refractivity contribution in [3.8, 4) is 0 Å². The van der Waals surface area contributed by atoms with Crippen molar-refractivity contribution in [2.24, 2.45) is 5.14 Å². The molecule has 0 bridgehead atoms. The first-order valence-corrected chi connectivity index (χ1v) is 5.74. The van der Waals surface area contributed by atoms with Crippen molar-refractivity contribution in [2.45, 2.75) is 30.7 Å². The summed E-state index contributed by atoms with van der Waals surface area (Å²) in [4.78, 5) is 0. The van der Waals surface area contributed by atoms with Crippen LogP contribution in [0.25, 0.3) is 0 Å². The maximum atomic E-state index is 10.5. The fourth-order valence-electron chi connectivity index (χ4n) is 1.23. The number of nitrogens with two attached hydrogens (primary N) is 1. The second-order valence-electron chi connectivity index (χ2n) is 3.31. The molecule has 1 aliphatic heterocycles. The molecule has 1 fully saturated rings. The van der Waals surface area contributed by atoms with Crippen molar-refractivity contribution in [1.29, 1.82) is 0 Å². The van der Waals surface area contributed by atoms with Gasteiger partial charge in [0.05, 0.1) is 6.61 Å². The molecule has 0 spiro atoms. The van der Waals surface area contributed by atoms with E-state index in [-0.39, 0.29) is 0 Å². The molecule has 5 atom stereocenters. The molecule has 0 amide bonds. The lowest BCUT2D eigenvalue weighted by Crippen LogP contribution is -2.58. The Morgan fingerprint density at radius 1 is 1.12 bits per heavy atom. The van der Waals surface area contributed by atoms with E-state index >= 15 is 0 Å². The molecule has 6 N–H and O–H groups in total.